The fourth-order valence-corrected chi connectivity index (χ4v) is 5.06. The molecule has 7 heteroatoms. The molecular formula is C14H16BrF2NO2S. The summed E-state index contributed by atoms with van der Waals surface area (Å²) in [5.74, 6) is -1.09. The van der Waals surface area contributed by atoms with E-state index >= 15 is 0 Å². The highest BCUT2D eigenvalue weighted by Crippen LogP contribution is 2.37. The van der Waals surface area contributed by atoms with E-state index in [1.54, 1.807) is 0 Å². The first-order valence-corrected chi connectivity index (χ1v) is 9.26. The lowest BCUT2D eigenvalue weighted by atomic mass is 10.3. The first kappa shape index (κ1) is 15.4. The van der Waals surface area contributed by atoms with Gasteiger partial charge in [-0.25, -0.2) is 17.2 Å². The SMILES string of the molecule is O=S(=O)(c1c(F)cc(F)cc1Br)N(CC1CC1)CC1CC1. The van der Waals surface area contributed by atoms with Crippen molar-refractivity contribution in [2.75, 3.05) is 13.1 Å². The molecule has 2 saturated carbocycles. The second kappa shape index (κ2) is 5.59. The molecule has 2 aliphatic carbocycles. The summed E-state index contributed by atoms with van der Waals surface area (Å²) in [5, 5.41) is 0. The predicted octanol–water partition coefficient (Wildman–Crippen LogP) is 3.54. The van der Waals surface area contributed by atoms with E-state index in [0.717, 1.165) is 31.7 Å². The van der Waals surface area contributed by atoms with E-state index in [9.17, 15) is 17.2 Å². The van der Waals surface area contributed by atoms with Gasteiger partial charge in [-0.3, -0.25) is 0 Å². The van der Waals surface area contributed by atoms with Crippen LogP contribution in [0.4, 0.5) is 8.78 Å². The van der Waals surface area contributed by atoms with Gasteiger partial charge in [0.2, 0.25) is 10.0 Å². The molecule has 0 unspecified atom stereocenters. The monoisotopic (exact) mass is 379 g/mol. The van der Waals surface area contributed by atoms with Crippen LogP contribution in [-0.4, -0.2) is 25.8 Å². The largest absolute Gasteiger partial charge is 0.247 e. The summed E-state index contributed by atoms with van der Waals surface area (Å²) in [6.45, 7) is 0.865. The second-order valence-corrected chi connectivity index (χ2v) is 8.64. The Labute approximate surface area is 131 Å². The smallest absolute Gasteiger partial charge is 0.207 e. The van der Waals surface area contributed by atoms with E-state index in [4.69, 9.17) is 0 Å². The Bertz CT molecular complexity index is 620. The standard InChI is InChI=1S/C14H16BrF2NO2S/c15-12-5-11(16)6-13(17)14(12)21(19,20)18(7-9-1-2-9)8-10-3-4-10/h5-6,9-10H,1-4,7-8H2. The molecule has 1 aromatic rings. The van der Waals surface area contributed by atoms with Crippen LogP contribution in [0.1, 0.15) is 25.7 Å². The van der Waals surface area contributed by atoms with E-state index in [0.29, 0.717) is 31.0 Å². The molecule has 21 heavy (non-hydrogen) atoms. The fraction of sp³-hybridized carbons (Fsp3) is 0.571. The number of hydrogen-bond donors (Lipinski definition) is 0. The Hall–Kier alpha value is -0.530. The van der Waals surface area contributed by atoms with E-state index in [1.807, 2.05) is 0 Å². The van der Waals surface area contributed by atoms with Crippen molar-refractivity contribution in [1.29, 1.82) is 0 Å². The van der Waals surface area contributed by atoms with Gasteiger partial charge in [0.15, 0.2) is 0 Å². The van der Waals surface area contributed by atoms with E-state index in [1.165, 1.54) is 4.31 Å². The van der Waals surface area contributed by atoms with Crippen LogP contribution >= 0.6 is 15.9 Å². The zero-order chi connectivity index (χ0) is 15.2. The third kappa shape index (κ3) is 3.46. The highest BCUT2D eigenvalue weighted by atomic mass is 79.9. The Morgan fingerprint density at radius 2 is 1.62 bits per heavy atom. The quantitative estimate of drug-likeness (QED) is 0.757. The molecule has 0 atom stereocenters. The lowest BCUT2D eigenvalue weighted by Gasteiger charge is -2.23. The molecule has 0 bridgehead atoms. The number of hydrogen-bond acceptors (Lipinski definition) is 2. The summed E-state index contributed by atoms with van der Waals surface area (Å²) in [7, 11) is -3.94. The average molecular weight is 380 g/mol. The van der Waals surface area contributed by atoms with Crippen molar-refractivity contribution in [3.8, 4) is 0 Å². The number of rotatable bonds is 6. The summed E-state index contributed by atoms with van der Waals surface area (Å²) in [6.07, 6.45) is 4.07. The van der Waals surface area contributed by atoms with E-state index < -0.39 is 26.6 Å². The maximum atomic E-state index is 14.0. The van der Waals surface area contributed by atoms with Crippen LogP contribution < -0.4 is 0 Å². The van der Waals surface area contributed by atoms with Crippen molar-refractivity contribution in [2.45, 2.75) is 30.6 Å². The number of nitrogens with zero attached hydrogens (tertiary/aromatic N) is 1. The maximum Gasteiger partial charge on any atom is 0.247 e. The minimum Gasteiger partial charge on any atom is -0.207 e. The van der Waals surface area contributed by atoms with Crippen LogP contribution in [0.3, 0.4) is 0 Å². The molecule has 0 heterocycles. The molecule has 0 spiro atoms. The fourth-order valence-electron chi connectivity index (χ4n) is 2.35. The first-order chi connectivity index (χ1) is 9.88. The van der Waals surface area contributed by atoms with Gasteiger partial charge in [-0.1, -0.05) is 0 Å². The van der Waals surface area contributed by atoms with Gasteiger partial charge in [0.1, 0.15) is 16.5 Å². The molecule has 2 aliphatic rings. The Kier molecular flexibility index (Phi) is 4.09. The topological polar surface area (TPSA) is 37.4 Å². The lowest BCUT2D eigenvalue weighted by Crippen LogP contribution is -2.35. The summed E-state index contributed by atoms with van der Waals surface area (Å²) < 4.78 is 54.0. The predicted molar refractivity (Wildman–Crippen MR) is 78.3 cm³/mol. The summed E-state index contributed by atoms with van der Waals surface area (Å²) >= 11 is 2.98. The van der Waals surface area contributed by atoms with Crippen molar-refractivity contribution in [3.05, 3.63) is 28.2 Å². The Balaban J connectivity index is 1.95. The molecule has 0 aliphatic heterocycles. The third-order valence-corrected chi connectivity index (χ3v) is 6.68. The van der Waals surface area contributed by atoms with Crippen molar-refractivity contribution in [3.63, 3.8) is 0 Å². The van der Waals surface area contributed by atoms with Gasteiger partial charge >= 0.3 is 0 Å². The molecule has 2 fully saturated rings. The normalized spacial score (nSPS) is 19.2. The molecule has 0 amide bonds. The minimum atomic E-state index is -3.94. The van der Waals surface area contributed by atoms with E-state index in [2.05, 4.69) is 15.9 Å². The molecule has 3 nitrogen and oxygen atoms in total. The number of halogens is 3. The summed E-state index contributed by atoms with van der Waals surface area (Å²) in [5.41, 5.74) is 0. The zero-order valence-corrected chi connectivity index (χ0v) is 13.8. The van der Waals surface area contributed by atoms with Gasteiger partial charge in [-0.2, -0.15) is 4.31 Å². The molecule has 3 rings (SSSR count). The number of sulfonamides is 1. The second-order valence-electron chi connectivity index (χ2n) is 5.91. The maximum absolute atomic E-state index is 14.0. The lowest BCUT2D eigenvalue weighted by molar-refractivity contribution is 0.379. The van der Waals surface area contributed by atoms with Gasteiger partial charge in [0.25, 0.3) is 0 Å². The molecule has 116 valence electrons. The zero-order valence-electron chi connectivity index (χ0n) is 11.4. The molecule has 0 radical (unpaired) electrons. The molecular weight excluding hydrogens is 364 g/mol. The summed E-state index contributed by atoms with van der Waals surface area (Å²) in [4.78, 5) is -0.454. The van der Waals surface area contributed by atoms with Gasteiger partial charge in [-0.15, -0.1) is 0 Å². The van der Waals surface area contributed by atoms with Gasteiger partial charge in [0.05, 0.1) is 0 Å². The summed E-state index contributed by atoms with van der Waals surface area (Å²) in [6, 6.07) is 1.60. The van der Waals surface area contributed by atoms with Crippen LogP contribution in [0.5, 0.6) is 0 Å². The van der Waals surface area contributed by atoms with Crippen LogP contribution in [0.2, 0.25) is 0 Å². The van der Waals surface area contributed by atoms with Gasteiger partial charge in [-0.05, 0) is 59.5 Å². The van der Waals surface area contributed by atoms with Crippen LogP contribution in [-0.2, 0) is 10.0 Å². The van der Waals surface area contributed by atoms with E-state index in [-0.39, 0.29) is 4.47 Å². The average Bonchev–Trinajstić information content (AvgIpc) is 3.20. The molecule has 0 saturated heterocycles. The molecule has 0 N–H and O–H groups in total. The molecule has 0 aromatic heterocycles. The Morgan fingerprint density at radius 1 is 1.10 bits per heavy atom. The van der Waals surface area contributed by atoms with Crippen molar-refractivity contribution >= 4 is 26.0 Å². The Morgan fingerprint density at radius 3 is 2.05 bits per heavy atom. The minimum absolute atomic E-state index is 0.0587. The van der Waals surface area contributed by atoms with Crippen LogP contribution in [0.25, 0.3) is 0 Å². The third-order valence-electron chi connectivity index (χ3n) is 3.88. The first-order valence-electron chi connectivity index (χ1n) is 7.02. The van der Waals surface area contributed by atoms with Gasteiger partial charge < -0.3 is 0 Å². The molecule has 1 aromatic carbocycles. The number of benzene rings is 1. The van der Waals surface area contributed by atoms with Crippen molar-refractivity contribution in [1.82, 2.24) is 4.31 Å². The van der Waals surface area contributed by atoms with Crippen molar-refractivity contribution in [2.24, 2.45) is 11.8 Å². The van der Waals surface area contributed by atoms with Crippen LogP contribution in [0, 0.1) is 23.5 Å². The van der Waals surface area contributed by atoms with Crippen LogP contribution in [0.15, 0.2) is 21.5 Å². The van der Waals surface area contributed by atoms with Crippen molar-refractivity contribution < 1.29 is 17.2 Å². The highest BCUT2D eigenvalue weighted by molar-refractivity contribution is 9.10. The van der Waals surface area contributed by atoms with Gasteiger partial charge in [0, 0.05) is 23.6 Å². The highest BCUT2D eigenvalue weighted by Gasteiger charge is 2.37.